The molecule has 2 aromatic carbocycles. The second kappa shape index (κ2) is 8.70. The zero-order valence-electron chi connectivity index (χ0n) is 14.3. The molecule has 0 bridgehead atoms. The largest absolute Gasteiger partial charge is 0.324 e. The Balaban J connectivity index is 2.27. The highest BCUT2D eigenvalue weighted by Crippen LogP contribution is 2.30. The lowest BCUT2D eigenvalue weighted by molar-refractivity contribution is -0.384. The quantitative estimate of drug-likeness (QED) is 0.317. The number of nitro benzene ring substituents is 1. The van der Waals surface area contributed by atoms with Gasteiger partial charge in [0.05, 0.1) is 4.92 Å². The molecular weight excluding hydrogens is 395 g/mol. The fourth-order valence-corrected chi connectivity index (χ4v) is 2.53. The minimum absolute atomic E-state index is 0.119. The Bertz CT molecular complexity index is 947. The summed E-state index contributed by atoms with van der Waals surface area (Å²) in [7, 11) is 0. The van der Waals surface area contributed by atoms with Crippen molar-refractivity contribution in [3.05, 3.63) is 62.1 Å². The van der Waals surface area contributed by atoms with E-state index in [-0.39, 0.29) is 16.4 Å². The molecule has 27 heavy (non-hydrogen) atoms. The number of azo groups is 1. The van der Waals surface area contributed by atoms with Crippen LogP contribution in [-0.2, 0) is 9.59 Å². The van der Waals surface area contributed by atoms with Gasteiger partial charge in [-0.2, -0.15) is 5.11 Å². The molecule has 0 saturated heterocycles. The molecule has 1 N–H and O–H groups in total. The Morgan fingerprint density at radius 3 is 2.37 bits per heavy atom. The lowest BCUT2D eigenvalue weighted by Gasteiger charge is -2.11. The van der Waals surface area contributed by atoms with E-state index in [4.69, 9.17) is 23.2 Å². The molecule has 0 aliphatic carbocycles. The first-order chi connectivity index (χ1) is 12.7. The molecule has 2 rings (SSSR count). The van der Waals surface area contributed by atoms with Crippen LogP contribution in [0, 0.1) is 17.0 Å². The predicted octanol–water partition coefficient (Wildman–Crippen LogP) is 4.89. The molecule has 0 saturated carbocycles. The Morgan fingerprint density at radius 1 is 1.15 bits per heavy atom. The number of benzene rings is 2. The molecule has 0 aromatic heterocycles. The summed E-state index contributed by atoms with van der Waals surface area (Å²) in [5.74, 6) is -1.28. The van der Waals surface area contributed by atoms with E-state index in [0.717, 1.165) is 6.07 Å². The molecule has 10 heteroatoms. The van der Waals surface area contributed by atoms with Crippen LogP contribution < -0.4 is 5.32 Å². The molecule has 0 aliphatic heterocycles. The number of halogens is 2. The normalized spacial score (nSPS) is 12.0. The average Bonchev–Trinajstić information content (AvgIpc) is 2.58. The zero-order chi connectivity index (χ0) is 20.1. The molecular formula is C17H14Cl2N4O4. The Morgan fingerprint density at radius 2 is 1.78 bits per heavy atom. The van der Waals surface area contributed by atoms with Gasteiger partial charge in [-0.05, 0) is 49.7 Å². The van der Waals surface area contributed by atoms with Crippen molar-refractivity contribution in [2.45, 2.75) is 19.9 Å². The maximum absolute atomic E-state index is 12.4. The van der Waals surface area contributed by atoms with E-state index in [0.29, 0.717) is 16.3 Å². The summed E-state index contributed by atoms with van der Waals surface area (Å²) in [6, 6.07) is 7.15. The van der Waals surface area contributed by atoms with E-state index in [1.165, 1.54) is 19.1 Å². The fourth-order valence-electron chi connectivity index (χ4n) is 2.13. The molecule has 0 radical (unpaired) electrons. The van der Waals surface area contributed by atoms with Crippen molar-refractivity contribution >= 4 is 52.0 Å². The van der Waals surface area contributed by atoms with Gasteiger partial charge in [-0.1, -0.05) is 23.2 Å². The maximum atomic E-state index is 12.4. The van der Waals surface area contributed by atoms with Crippen molar-refractivity contribution < 1.29 is 14.5 Å². The van der Waals surface area contributed by atoms with Crippen LogP contribution in [0.25, 0.3) is 0 Å². The summed E-state index contributed by atoms with van der Waals surface area (Å²) in [6.45, 7) is 2.91. The molecule has 0 fully saturated rings. The summed E-state index contributed by atoms with van der Waals surface area (Å²) < 4.78 is 0. The van der Waals surface area contributed by atoms with Crippen molar-refractivity contribution in [3.63, 3.8) is 0 Å². The first kappa shape index (κ1) is 20.5. The highest BCUT2D eigenvalue weighted by atomic mass is 35.5. The molecule has 0 spiro atoms. The van der Waals surface area contributed by atoms with Gasteiger partial charge in [0.25, 0.3) is 11.6 Å². The van der Waals surface area contributed by atoms with E-state index in [2.05, 4.69) is 15.5 Å². The Hall–Kier alpha value is -2.84. The topological polar surface area (TPSA) is 114 Å². The van der Waals surface area contributed by atoms with Gasteiger partial charge in [0.2, 0.25) is 6.04 Å². The Labute approximate surface area is 164 Å². The number of anilines is 1. The third kappa shape index (κ3) is 5.32. The standard InChI is InChI=1S/C17H14Cl2N4O4/c1-9-7-11(18)3-5-13(9)20-17(25)16(10(2)24)22-21-14-6-4-12(19)8-15(14)23(26)27/h3-8,16H,1-2H3,(H,20,25). The van der Waals surface area contributed by atoms with Crippen LogP contribution in [0.2, 0.25) is 10.0 Å². The molecule has 1 unspecified atom stereocenters. The van der Waals surface area contributed by atoms with Crippen molar-refractivity contribution in [2.24, 2.45) is 10.2 Å². The third-order valence-electron chi connectivity index (χ3n) is 3.49. The maximum Gasteiger partial charge on any atom is 0.298 e. The summed E-state index contributed by atoms with van der Waals surface area (Å²) in [5, 5.41) is 21.7. The van der Waals surface area contributed by atoms with Crippen LogP contribution in [0.1, 0.15) is 12.5 Å². The number of amides is 1. The third-order valence-corrected chi connectivity index (χ3v) is 3.97. The number of carbonyl (C=O) groups is 2. The molecule has 0 aliphatic rings. The summed E-state index contributed by atoms with van der Waals surface area (Å²) in [4.78, 5) is 34.6. The number of hydrogen-bond acceptors (Lipinski definition) is 6. The van der Waals surface area contributed by atoms with Crippen LogP contribution in [0.5, 0.6) is 0 Å². The van der Waals surface area contributed by atoms with Crippen molar-refractivity contribution in [3.8, 4) is 0 Å². The molecule has 1 amide bonds. The van der Waals surface area contributed by atoms with Gasteiger partial charge in [0, 0.05) is 21.8 Å². The predicted molar refractivity (Wildman–Crippen MR) is 102 cm³/mol. The van der Waals surface area contributed by atoms with E-state index in [1.54, 1.807) is 25.1 Å². The Kier molecular flexibility index (Phi) is 6.59. The van der Waals surface area contributed by atoms with E-state index < -0.39 is 22.7 Å². The summed E-state index contributed by atoms with van der Waals surface area (Å²) in [5.41, 5.74) is 0.653. The van der Waals surface area contributed by atoms with Gasteiger partial charge in [-0.25, -0.2) is 0 Å². The van der Waals surface area contributed by atoms with Crippen LogP contribution in [0.4, 0.5) is 17.1 Å². The lowest BCUT2D eigenvalue weighted by Crippen LogP contribution is -2.32. The van der Waals surface area contributed by atoms with Crippen molar-refractivity contribution in [1.82, 2.24) is 0 Å². The average molecular weight is 409 g/mol. The van der Waals surface area contributed by atoms with Gasteiger partial charge in [-0.3, -0.25) is 19.7 Å². The number of nitrogens with zero attached hydrogens (tertiary/aromatic N) is 3. The number of rotatable bonds is 6. The van der Waals surface area contributed by atoms with Gasteiger partial charge in [0.1, 0.15) is 0 Å². The number of carbonyl (C=O) groups excluding carboxylic acids is 2. The van der Waals surface area contributed by atoms with E-state index in [1.807, 2.05) is 0 Å². The van der Waals surface area contributed by atoms with E-state index in [9.17, 15) is 19.7 Å². The lowest BCUT2D eigenvalue weighted by atomic mass is 10.1. The van der Waals surface area contributed by atoms with Crippen LogP contribution in [0.15, 0.2) is 46.6 Å². The monoisotopic (exact) mass is 408 g/mol. The highest BCUT2D eigenvalue weighted by molar-refractivity contribution is 6.31. The number of hydrogen-bond donors (Lipinski definition) is 1. The van der Waals surface area contributed by atoms with E-state index >= 15 is 0 Å². The minimum Gasteiger partial charge on any atom is -0.324 e. The molecule has 0 heterocycles. The number of ketones is 1. The van der Waals surface area contributed by atoms with Crippen LogP contribution in [0.3, 0.4) is 0 Å². The van der Waals surface area contributed by atoms with Gasteiger partial charge < -0.3 is 5.32 Å². The zero-order valence-corrected chi connectivity index (χ0v) is 15.8. The second-order valence-electron chi connectivity index (χ2n) is 5.57. The smallest absolute Gasteiger partial charge is 0.298 e. The minimum atomic E-state index is -1.46. The van der Waals surface area contributed by atoms with Gasteiger partial charge in [0.15, 0.2) is 11.5 Å². The molecule has 8 nitrogen and oxygen atoms in total. The summed E-state index contributed by atoms with van der Waals surface area (Å²) in [6.07, 6.45) is 0. The number of nitro groups is 1. The molecule has 2 aromatic rings. The van der Waals surface area contributed by atoms with Crippen molar-refractivity contribution in [1.29, 1.82) is 0 Å². The number of nitrogens with one attached hydrogen (secondary N) is 1. The first-order valence-electron chi connectivity index (χ1n) is 7.61. The van der Waals surface area contributed by atoms with Crippen LogP contribution >= 0.6 is 23.2 Å². The van der Waals surface area contributed by atoms with Gasteiger partial charge >= 0.3 is 0 Å². The first-order valence-corrected chi connectivity index (χ1v) is 8.37. The second-order valence-corrected chi connectivity index (χ2v) is 6.44. The highest BCUT2D eigenvalue weighted by Gasteiger charge is 2.24. The number of aryl methyl sites for hydroxylation is 1. The van der Waals surface area contributed by atoms with Crippen molar-refractivity contribution in [2.75, 3.05) is 5.32 Å². The molecule has 140 valence electrons. The SMILES string of the molecule is CC(=O)C(N=Nc1ccc(Cl)cc1[N+](=O)[O-])C(=O)Nc1ccc(Cl)cc1C. The fraction of sp³-hybridized carbons (Fsp3) is 0.176. The van der Waals surface area contributed by atoms with Crippen LogP contribution in [-0.4, -0.2) is 22.7 Å². The van der Waals surface area contributed by atoms with Gasteiger partial charge in [-0.15, -0.1) is 5.11 Å². The summed E-state index contributed by atoms with van der Waals surface area (Å²) >= 11 is 11.6. The molecule has 1 atom stereocenters. The number of Topliss-reactive ketones (excluding diaryl/α,β-unsaturated/α-hetero) is 1.